The second kappa shape index (κ2) is 8.53. The Bertz CT molecular complexity index is 665. The van der Waals surface area contributed by atoms with Gasteiger partial charge < -0.3 is 15.0 Å². The summed E-state index contributed by atoms with van der Waals surface area (Å²) < 4.78 is 5.19. The van der Waals surface area contributed by atoms with Crippen molar-refractivity contribution >= 4 is 6.03 Å². The van der Waals surface area contributed by atoms with E-state index < -0.39 is 0 Å². The molecule has 2 aromatic carbocycles. The number of hydrogen-bond acceptors (Lipinski definition) is 3. The Labute approximate surface area is 149 Å². The normalized spacial score (nSPS) is 15.0. The van der Waals surface area contributed by atoms with E-state index in [0.29, 0.717) is 6.54 Å². The maximum Gasteiger partial charge on any atom is 0.317 e. The molecule has 25 heavy (non-hydrogen) atoms. The summed E-state index contributed by atoms with van der Waals surface area (Å²) in [6.45, 7) is 4.79. The second-order valence-corrected chi connectivity index (χ2v) is 6.26. The van der Waals surface area contributed by atoms with E-state index in [1.54, 1.807) is 7.11 Å². The van der Waals surface area contributed by atoms with Crippen molar-refractivity contribution in [2.24, 2.45) is 0 Å². The lowest BCUT2D eigenvalue weighted by Gasteiger charge is -2.34. The van der Waals surface area contributed by atoms with E-state index in [0.717, 1.165) is 44.0 Å². The van der Waals surface area contributed by atoms with Crippen LogP contribution in [0.15, 0.2) is 54.6 Å². The van der Waals surface area contributed by atoms with Crippen LogP contribution in [0.4, 0.5) is 4.79 Å². The first kappa shape index (κ1) is 17.3. The Morgan fingerprint density at radius 3 is 2.28 bits per heavy atom. The molecule has 1 heterocycles. The van der Waals surface area contributed by atoms with Gasteiger partial charge in [-0.1, -0.05) is 42.5 Å². The van der Waals surface area contributed by atoms with E-state index in [4.69, 9.17) is 4.74 Å². The largest absolute Gasteiger partial charge is 0.497 e. The Balaban J connectivity index is 1.42. The first-order valence-corrected chi connectivity index (χ1v) is 8.66. The minimum Gasteiger partial charge on any atom is -0.497 e. The van der Waals surface area contributed by atoms with Crippen molar-refractivity contribution in [3.63, 3.8) is 0 Å². The van der Waals surface area contributed by atoms with Gasteiger partial charge in [-0.2, -0.15) is 0 Å². The van der Waals surface area contributed by atoms with E-state index >= 15 is 0 Å². The van der Waals surface area contributed by atoms with Gasteiger partial charge in [0.2, 0.25) is 0 Å². The number of carbonyl (C=O) groups excluding carboxylic acids is 1. The van der Waals surface area contributed by atoms with Gasteiger partial charge in [0.15, 0.2) is 0 Å². The lowest BCUT2D eigenvalue weighted by molar-refractivity contribution is 0.135. The third-order valence-corrected chi connectivity index (χ3v) is 4.51. The molecule has 132 valence electrons. The summed E-state index contributed by atoms with van der Waals surface area (Å²) in [7, 11) is 1.68. The minimum absolute atomic E-state index is 0.0213. The zero-order valence-corrected chi connectivity index (χ0v) is 14.6. The number of hydrogen-bond donors (Lipinski definition) is 1. The number of nitrogens with zero attached hydrogens (tertiary/aromatic N) is 2. The number of amides is 2. The molecule has 1 aliphatic heterocycles. The van der Waals surface area contributed by atoms with Crippen LogP contribution in [0.3, 0.4) is 0 Å². The molecule has 0 radical (unpaired) electrons. The highest BCUT2D eigenvalue weighted by atomic mass is 16.5. The Morgan fingerprint density at radius 1 is 0.960 bits per heavy atom. The van der Waals surface area contributed by atoms with Crippen molar-refractivity contribution < 1.29 is 9.53 Å². The lowest BCUT2D eigenvalue weighted by atomic mass is 10.2. The third kappa shape index (κ3) is 4.97. The monoisotopic (exact) mass is 339 g/mol. The molecule has 3 rings (SSSR count). The number of rotatable bonds is 5. The van der Waals surface area contributed by atoms with Crippen molar-refractivity contribution in [2.75, 3.05) is 33.3 Å². The topological polar surface area (TPSA) is 44.8 Å². The zero-order chi connectivity index (χ0) is 17.5. The van der Waals surface area contributed by atoms with Crippen LogP contribution in [-0.2, 0) is 13.1 Å². The quantitative estimate of drug-likeness (QED) is 0.911. The van der Waals surface area contributed by atoms with E-state index in [-0.39, 0.29) is 6.03 Å². The Hall–Kier alpha value is -2.53. The first-order chi connectivity index (χ1) is 12.2. The predicted octanol–water partition coefficient (Wildman–Crippen LogP) is 2.72. The van der Waals surface area contributed by atoms with Gasteiger partial charge >= 0.3 is 6.03 Å². The molecule has 1 aliphatic rings. The molecule has 0 aliphatic carbocycles. The van der Waals surface area contributed by atoms with Gasteiger partial charge in [0, 0.05) is 39.3 Å². The smallest absolute Gasteiger partial charge is 0.317 e. The molecule has 2 amide bonds. The van der Waals surface area contributed by atoms with Gasteiger partial charge in [0.25, 0.3) is 0 Å². The highest BCUT2D eigenvalue weighted by Gasteiger charge is 2.20. The Morgan fingerprint density at radius 2 is 1.64 bits per heavy atom. The van der Waals surface area contributed by atoms with E-state index in [1.807, 2.05) is 47.4 Å². The third-order valence-electron chi connectivity index (χ3n) is 4.51. The molecular weight excluding hydrogens is 314 g/mol. The maximum atomic E-state index is 12.3. The molecular formula is C20H25N3O2. The van der Waals surface area contributed by atoms with Crippen LogP contribution in [0, 0.1) is 0 Å². The summed E-state index contributed by atoms with van der Waals surface area (Å²) in [6.07, 6.45) is 0. The number of carbonyl (C=O) groups is 1. The fourth-order valence-electron chi connectivity index (χ4n) is 2.98. The van der Waals surface area contributed by atoms with Gasteiger partial charge in [-0.25, -0.2) is 4.79 Å². The average molecular weight is 339 g/mol. The van der Waals surface area contributed by atoms with Crippen molar-refractivity contribution in [3.05, 3.63) is 65.7 Å². The molecule has 0 spiro atoms. The number of nitrogens with one attached hydrogen (secondary N) is 1. The predicted molar refractivity (Wildman–Crippen MR) is 98.5 cm³/mol. The van der Waals surface area contributed by atoms with Crippen LogP contribution >= 0.6 is 0 Å². The highest BCUT2D eigenvalue weighted by Crippen LogP contribution is 2.14. The fourth-order valence-corrected chi connectivity index (χ4v) is 2.98. The number of benzene rings is 2. The van der Waals surface area contributed by atoms with Gasteiger partial charge in [0.1, 0.15) is 5.75 Å². The number of ether oxygens (including phenoxy) is 1. The molecule has 0 aromatic heterocycles. The molecule has 2 aromatic rings. The number of piperazine rings is 1. The van der Waals surface area contributed by atoms with E-state index in [1.165, 1.54) is 5.56 Å². The molecule has 0 unspecified atom stereocenters. The molecule has 0 bridgehead atoms. The molecule has 1 fully saturated rings. The van der Waals surface area contributed by atoms with Crippen LogP contribution < -0.4 is 10.1 Å². The molecule has 1 saturated heterocycles. The fraction of sp³-hybridized carbons (Fsp3) is 0.350. The summed E-state index contributed by atoms with van der Waals surface area (Å²) in [6, 6.07) is 18.2. The first-order valence-electron chi connectivity index (χ1n) is 8.66. The summed E-state index contributed by atoms with van der Waals surface area (Å²) >= 11 is 0. The molecule has 5 heteroatoms. The van der Waals surface area contributed by atoms with Crippen LogP contribution in [0.5, 0.6) is 5.75 Å². The van der Waals surface area contributed by atoms with Crippen LogP contribution in [-0.4, -0.2) is 49.1 Å². The highest BCUT2D eigenvalue weighted by molar-refractivity contribution is 5.74. The Kier molecular flexibility index (Phi) is 5.90. The summed E-state index contributed by atoms with van der Waals surface area (Å²) in [4.78, 5) is 16.6. The van der Waals surface area contributed by atoms with E-state index in [2.05, 4.69) is 22.3 Å². The van der Waals surface area contributed by atoms with Gasteiger partial charge in [-0.3, -0.25) is 4.90 Å². The average Bonchev–Trinajstić information content (AvgIpc) is 2.68. The zero-order valence-electron chi connectivity index (χ0n) is 14.6. The molecule has 0 atom stereocenters. The lowest BCUT2D eigenvalue weighted by Crippen LogP contribution is -2.51. The van der Waals surface area contributed by atoms with Gasteiger partial charge in [-0.05, 0) is 23.3 Å². The van der Waals surface area contributed by atoms with Crippen molar-refractivity contribution in [1.29, 1.82) is 0 Å². The van der Waals surface area contributed by atoms with E-state index in [9.17, 15) is 4.79 Å². The second-order valence-electron chi connectivity index (χ2n) is 6.26. The van der Waals surface area contributed by atoms with Gasteiger partial charge in [-0.15, -0.1) is 0 Å². The van der Waals surface area contributed by atoms with Gasteiger partial charge in [0.05, 0.1) is 7.11 Å². The van der Waals surface area contributed by atoms with Crippen molar-refractivity contribution in [2.45, 2.75) is 13.1 Å². The summed E-state index contributed by atoms with van der Waals surface area (Å²) in [5, 5.41) is 3.00. The summed E-state index contributed by atoms with van der Waals surface area (Å²) in [5.41, 5.74) is 2.39. The van der Waals surface area contributed by atoms with Crippen LogP contribution in [0.2, 0.25) is 0 Å². The van der Waals surface area contributed by atoms with Crippen LogP contribution in [0.1, 0.15) is 11.1 Å². The number of urea groups is 1. The minimum atomic E-state index is 0.0213. The SMILES string of the molecule is COc1ccc(CN2CCN(C(=O)NCc3ccccc3)CC2)cc1. The molecule has 5 nitrogen and oxygen atoms in total. The number of methoxy groups -OCH3 is 1. The molecule has 0 saturated carbocycles. The molecule has 1 N–H and O–H groups in total. The van der Waals surface area contributed by atoms with Crippen molar-refractivity contribution in [3.8, 4) is 5.75 Å². The summed E-state index contributed by atoms with van der Waals surface area (Å²) in [5.74, 6) is 0.878. The van der Waals surface area contributed by atoms with Crippen molar-refractivity contribution in [1.82, 2.24) is 15.1 Å². The maximum absolute atomic E-state index is 12.3. The standard InChI is InChI=1S/C20H25N3O2/c1-25-19-9-7-18(8-10-19)16-22-11-13-23(14-12-22)20(24)21-15-17-5-3-2-4-6-17/h2-10H,11-16H2,1H3,(H,21,24). The van der Waals surface area contributed by atoms with Crippen LogP contribution in [0.25, 0.3) is 0 Å².